The fourth-order valence-electron chi connectivity index (χ4n) is 27.7. The van der Waals surface area contributed by atoms with Gasteiger partial charge in [-0.15, -0.1) is 0 Å². The molecule has 0 radical (unpaired) electrons. The number of hydrogen-bond donors (Lipinski definition) is 2. The van der Waals surface area contributed by atoms with Crippen LogP contribution < -0.4 is 0 Å². The lowest BCUT2D eigenvalue weighted by atomic mass is 9.52. The molecule has 2 N–H and O–H groups in total. The first-order chi connectivity index (χ1) is 56.6. The van der Waals surface area contributed by atoms with Crippen LogP contribution in [0.25, 0.3) is 0 Å². The Kier molecular flexibility index (Phi) is 25.1. The van der Waals surface area contributed by atoms with Gasteiger partial charge in [0.2, 0.25) is 0 Å². The molecule has 0 amide bonds. The molecule has 7 heterocycles. The van der Waals surface area contributed by atoms with Crippen molar-refractivity contribution in [3.63, 3.8) is 0 Å². The molecule has 26 heteroatoms. The Labute approximate surface area is 733 Å². The van der Waals surface area contributed by atoms with Crippen LogP contribution in [0.2, 0.25) is 0 Å². The average Bonchev–Trinajstić information content (AvgIpc) is 1.54. The summed E-state index contributed by atoms with van der Waals surface area (Å²) in [6, 6.07) is 0. The molecular weight excluding hydrogens is 1600 g/mol. The minimum absolute atomic E-state index is 0. The minimum atomic E-state index is -3.43. The number of hydrogen-bond acceptors (Lipinski definition) is 25. The van der Waals surface area contributed by atoms with Crippen LogP contribution in [-0.4, -0.2) is 180 Å². The third-order valence-corrected chi connectivity index (χ3v) is 36.9. The molecule has 698 valence electrons. The Morgan fingerprint density at radius 3 is 1.40 bits per heavy atom. The summed E-state index contributed by atoms with van der Waals surface area (Å²) >= 11 is 0. The van der Waals surface area contributed by atoms with E-state index in [-0.39, 0.29) is 115 Å². The lowest BCUT2D eigenvalue weighted by Crippen LogP contribution is -2.62. The fraction of sp³-hybridized carbons (Fsp3) is 0.938. The highest BCUT2D eigenvalue weighted by Gasteiger charge is 2.73. The van der Waals surface area contributed by atoms with Gasteiger partial charge in [-0.2, -0.15) is 8.42 Å². The van der Waals surface area contributed by atoms with Crippen molar-refractivity contribution in [2.24, 2.45) is 116 Å². The number of esters is 5. The number of aliphatic hydroxyl groups is 2. The van der Waals surface area contributed by atoms with Gasteiger partial charge in [0.25, 0.3) is 10.1 Å². The Morgan fingerprint density at radius 1 is 0.463 bits per heavy atom. The molecule has 20 unspecified atom stereocenters. The summed E-state index contributed by atoms with van der Waals surface area (Å²) in [5, 5.41) is 20.4. The normalized spacial score (nSPS) is 45.8. The molecule has 2 spiro atoms. The van der Waals surface area contributed by atoms with E-state index >= 15 is 0 Å². The van der Waals surface area contributed by atoms with Crippen molar-refractivity contribution < 1.29 is 118 Å². The Balaban J connectivity index is 0.000000124. The summed E-state index contributed by atoms with van der Waals surface area (Å²) in [6.07, 6.45) is 23.7. The van der Waals surface area contributed by atoms with Crippen molar-refractivity contribution in [2.45, 2.75) is 451 Å². The maximum atomic E-state index is 13.5. The first kappa shape index (κ1) is 93.8. The van der Waals surface area contributed by atoms with Crippen LogP contribution in [0, 0.1) is 116 Å². The summed E-state index contributed by atoms with van der Waals surface area (Å²) in [5.74, 6) is 5.31. The molecule has 0 aromatic heterocycles. The largest absolute Gasteiger partial charge is 0.509 e. The monoisotopic (exact) mass is 1750 g/mol. The van der Waals surface area contributed by atoms with Gasteiger partial charge in [-0.3, -0.25) is 28.2 Å². The van der Waals surface area contributed by atoms with E-state index in [2.05, 4.69) is 0 Å². The van der Waals surface area contributed by atoms with E-state index in [9.17, 15) is 47.4 Å². The molecule has 18 aliphatic carbocycles. The van der Waals surface area contributed by atoms with Crippen LogP contribution >= 0.6 is 0 Å². The maximum absolute atomic E-state index is 13.5. The van der Waals surface area contributed by atoms with E-state index < -0.39 is 109 Å². The molecule has 0 aromatic carbocycles. The summed E-state index contributed by atoms with van der Waals surface area (Å²) in [6.45, 7) is 35.3. The second-order valence-electron chi connectivity index (χ2n) is 47.1. The van der Waals surface area contributed by atoms with E-state index in [1.807, 2.05) is 125 Å². The van der Waals surface area contributed by atoms with Crippen LogP contribution in [-0.2, 0) is 105 Å². The van der Waals surface area contributed by atoms with Crippen LogP contribution in [0.1, 0.15) is 332 Å². The van der Waals surface area contributed by atoms with Gasteiger partial charge in [-0.05, 0) is 303 Å². The van der Waals surface area contributed by atoms with Crippen LogP contribution in [0.15, 0.2) is 0 Å². The lowest BCUT2D eigenvalue weighted by Gasteiger charge is -2.60. The second-order valence-corrected chi connectivity index (χ2v) is 48.9. The standard InChI is InChI=1S/C32H46O7.C21H34O5.C16H26O3.C13H20O5S.C13H20O5.2CH4/c1-4-30(2,3)29(33)36-26-25(24-15-34-31(37-24)20-7-16-5-17(9-20)10-21(31)8-16)35-28-27(26)38-32(39-28)22-11-18-6-19(13-22)14-23(32)12-18;1-7-19(5,6)16(22)24-20-9-14-8-15(10-20)12-21(11-14,13-20)26-17(23)25-18(2,3)4;1-4-14(2,3)13(17)19-16-8-11-5-12(9-16)7-15(18,6-11)10-16;1-4-13(2,3)12(14)17-10-7-5-8-9(6-7)19(15,16)18-11(8)10;1-4-13(2,3)12(15)18-9-7-5-6-8(16-7)10(9)17-11(6)14;;/h16-28H,4-15H2,1-3H3;14-15H,7-13H2,1-6H3;11-12,18H,4-10H2,1-3H3;7-11H,4-6H2,1-3H3;6-10,12,15H,4-5H2,1-3H3;2*1H4. The lowest BCUT2D eigenvalue weighted by molar-refractivity contribution is -0.332. The first-order valence-corrected chi connectivity index (χ1v) is 49.0. The number of fused-ring (bicyclic) bond motifs is 3. The molecular formula is C97H154O25S. The Hall–Kier alpha value is -3.83. The molecule has 18 saturated carbocycles. The molecule has 20 atom stereocenters. The van der Waals surface area contributed by atoms with Gasteiger partial charge in [0.1, 0.15) is 59.0 Å². The van der Waals surface area contributed by atoms with Crippen molar-refractivity contribution in [1.82, 2.24) is 0 Å². The van der Waals surface area contributed by atoms with E-state index in [0.29, 0.717) is 92.5 Å². The quantitative estimate of drug-likeness (QED) is 0.0557. The molecule has 25 nitrogen and oxygen atoms in total. The summed E-state index contributed by atoms with van der Waals surface area (Å²) in [4.78, 5) is 74.6. The molecule has 7 aliphatic heterocycles. The first-order valence-electron chi connectivity index (χ1n) is 47.6. The Morgan fingerprint density at radius 2 is 0.919 bits per heavy atom. The highest BCUT2D eigenvalue weighted by Crippen LogP contribution is 2.68. The van der Waals surface area contributed by atoms with Gasteiger partial charge in [-0.25, -0.2) is 4.79 Å². The van der Waals surface area contributed by atoms with Gasteiger partial charge in [-0.1, -0.05) is 63.3 Å². The summed E-state index contributed by atoms with van der Waals surface area (Å²) in [7, 11) is -3.43. The zero-order chi connectivity index (χ0) is 86.7. The third kappa shape index (κ3) is 17.1. The van der Waals surface area contributed by atoms with E-state index in [0.717, 1.165) is 107 Å². The van der Waals surface area contributed by atoms with Gasteiger partial charge < -0.3 is 76.5 Å². The fourth-order valence-corrected chi connectivity index (χ4v) is 29.6. The minimum Gasteiger partial charge on any atom is -0.459 e. The smallest absolute Gasteiger partial charge is 0.459 e. The molecule has 25 fully saturated rings. The van der Waals surface area contributed by atoms with Crippen LogP contribution in [0.4, 0.5) is 4.79 Å². The van der Waals surface area contributed by atoms with E-state index in [1.54, 1.807) is 0 Å². The third-order valence-electron chi connectivity index (χ3n) is 35.1. The van der Waals surface area contributed by atoms with Gasteiger partial charge in [0.15, 0.2) is 42.5 Å². The number of carbonyl (C=O) groups excluding carboxylic acids is 6. The van der Waals surface area contributed by atoms with Gasteiger partial charge in [0.05, 0.1) is 51.1 Å². The van der Waals surface area contributed by atoms with Crippen molar-refractivity contribution in [2.75, 3.05) is 6.61 Å². The average molecular weight is 1750 g/mol. The highest BCUT2D eigenvalue weighted by atomic mass is 32.2. The summed E-state index contributed by atoms with van der Waals surface area (Å²) in [5.41, 5.74) is -4.81. The van der Waals surface area contributed by atoms with Crippen molar-refractivity contribution in [3.8, 4) is 0 Å². The topological polar surface area (TPSA) is 315 Å². The highest BCUT2D eigenvalue weighted by molar-refractivity contribution is 7.87. The molecule has 123 heavy (non-hydrogen) atoms. The predicted octanol–water partition coefficient (Wildman–Crippen LogP) is 16.8. The number of ether oxygens (including phenoxy) is 14. The second kappa shape index (κ2) is 32.9. The zero-order valence-electron chi connectivity index (χ0n) is 75.8. The van der Waals surface area contributed by atoms with Crippen LogP contribution in [0.3, 0.4) is 0 Å². The number of aliphatic hydroxyl groups excluding tert-OH is 1. The molecule has 0 aromatic rings. The predicted molar refractivity (Wildman–Crippen MR) is 452 cm³/mol. The zero-order valence-corrected chi connectivity index (χ0v) is 76.6. The molecule has 25 aliphatic rings. The SMILES string of the molecule is C.C.CCC(C)(C)C(=O)OC12CC3CC(CC(O)(C3)C1)C2.CCC(C)(C)C(=O)OC12CC3CC(CC(OC(=O)OC(C)(C)C)(C3)C1)C2.CCC(C)(C)C(=O)OC1C(C2COC3(O2)C2CC4CC(C2)CC3C4)OC2OC3(OC21)C1CC2CC(C1)CC3C2.CCC(C)(C)C(=O)OC1C2CC3C1OS(=O)(=O)C3C2.CCC(C)(C)C(O)OC1C2CC3C(=O)OC1C3O2. The Bertz CT molecular complexity index is 3960. The van der Waals surface area contributed by atoms with Crippen molar-refractivity contribution >= 4 is 46.1 Å². The van der Waals surface area contributed by atoms with E-state index in [4.69, 9.17) is 70.5 Å². The van der Waals surface area contributed by atoms with Crippen molar-refractivity contribution in [3.05, 3.63) is 0 Å². The van der Waals surface area contributed by atoms with E-state index in [1.165, 1.54) is 70.6 Å². The number of rotatable bonds is 18. The molecule has 7 saturated heterocycles. The van der Waals surface area contributed by atoms with Crippen molar-refractivity contribution in [1.29, 1.82) is 0 Å². The molecule has 20 bridgehead atoms. The maximum Gasteiger partial charge on any atom is 0.509 e. The summed E-state index contributed by atoms with van der Waals surface area (Å²) < 4.78 is 115. The van der Waals surface area contributed by atoms with Gasteiger partial charge in [0, 0.05) is 53.8 Å². The number of carbonyl (C=O) groups is 6. The molecule has 25 rings (SSSR count). The van der Waals surface area contributed by atoms with Crippen LogP contribution in [0.5, 0.6) is 0 Å². The van der Waals surface area contributed by atoms with Gasteiger partial charge >= 0.3 is 36.0 Å².